The molecular formula is C25H19N3O3S. The van der Waals surface area contributed by atoms with Crippen molar-refractivity contribution >= 4 is 44.1 Å². The number of hydrogen-bond donors (Lipinski definition) is 1. The second-order valence-corrected chi connectivity index (χ2v) is 8.75. The van der Waals surface area contributed by atoms with Gasteiger partial charge >= 0.3 is 5.91 Å². The number of benzene rings is 2. The van der Waals surface area contributed by atoms with Crippen LogP contribution in [0.5, 0.6) is 0 Å². The van der Waals surface area contributed by atoms with Gasteiger partial charge < -0.3 is 5.11 Å². The summed E-state index contributed by atoms with van der Waals surface area (Å²) in [5.74, 6) is -1.65. The van der Waals surface area contributed by atoms with Gasteiger partial charge in [-0.05, 0) is 48.7 Å². The fourth-order valence-electron chi connectivity index (χ4n) is 4.10. The van der Waals surface area contributed by atoms with E-state index in [2.05, 4.69) is 4.98 Å². The SMILES string of the molecule is Cc1cc(C)c2nc(N3C(=O)C(=O)C(=C(O)c4ccccc4)C3c3ccncc3)sc2c1. The van der Waals surface area contributed by atoms with Gasteiger partial charge in [0.15, 0.2) is 5.13 Å². The lowest BCUT2D eigenvalue weighted by Gasteiger charge is -2.22. The van der Waals surface area contributed by atoms with Gasteiger partial charge in [-0.25, -0.2) is 4.98 Å². The molecule has 32 heavy (non-hydrogen) atoms. The first kappa shape index (κ1) is 20.1. The third-order valence-corrected chi connectivity index (χ3v) is 6.54. The van der Waals surface area contributed by atoms with Crippen LogP contribution in [0, 0.1) is 13.8 Å². The summed E-state index contributed by atoms with van der Waals surface area (Å²) in [6, 6.07) is 15.5. The van der Waals surface area contributed by atoms with E-state index in [-0.39, 0.29) is 11.3 Å². The Kier molecular flexibility index (Phi) is 4.83. The minimum absolute atomic E-state index is 0.0413. The minimum atomic E-state index is -0.805. The van der Waals surface area contributed by atoms with Gasteiger partial charge in [-0.2, -0.15) is 0 Å². The fourth-order valence-corrected chi connectivity index (χ4v) is 5.27. The van der Waals surface area contributed by atoms with Gasteiger partial charge in [0.1, 0.15) is 5.76 Å². The molecule has 1 unspecified atom stereocenters. The van der Waals surface area contributed by atoms with E-state index >= 15 is 0 Å². The predicted octanol–water partition coefficient (Wildman–Crippen LogP) is 4.93. The van der Waals surface area contributed by atoms with Crippen LogP contribution in [0.15, 0.2) is 72.6 Å². The molecule has 0 saturated carbocycles. The smallest absolute Gasteiger partial charge is 0.301 e. The highest BCUT2D eigenvalue weighted by atomic mass is 32.1. The number of carbonyl (C=O) groups is 2. The Morgan fingerprint density at radius 2 is 1.75 bits per heavy atom. The van der Waals surface area contributed by atoms with E-state index in [1.54, 1.807) is 48.8 Å². The number of aryl methyl sites for hydroxylation is 2. The monoisotopic (exact) mass is 441 g/mol. The number of aliphatic hydroxyl groups excluding tert-OH is 1. The lowest BCUT2D eigenvalue weighted by molar-refractivity contribution is -0.132. The molecule has 0 radical (unpaired) electrons. The number of anilines is 1. The molecule has 2 aromatic carbocycles. The van der Waals surface area contributed by atoms with Crippen molar-refractivity contribution in [1.82, 2.24) is 9.97 Å². The molecule has 1 fully saturated rings. The summed E-state index contributed by atoms with van der Waals surface area (Å²) in [6.45, 7) is 3.98. The second kappa shape index (κ2) is 7.69. The summed E-state index contributed by atoms with van der Waals surface area (Å²) in [5.41, 5.74) is 4.09. The van der Waals surface area contributed by atoms with Crippen molar-refractivity contribution in [2.75, 3.05) is 4.90 Å². The summed E-state index contributed by atoms with van der Waals surface area (Å²) < 4.78 is 0.941. The minimum Gasteiger partial charge on any atom is -0.507 e. The zero-order valence-corrected chi connectivity index (χ0v) is 18.3. The number of ketones is 1. The quantitative estimate of drug-likeness (QED) is 0.277. The number of aliphatic hydroxyl groups is 1. The maximum atomic E-state index is 13.2. The van der Waals surface area contributed by atoms with E-state index in [1.807, 2.05) is 32.0 Å². The number of aromatic nitrogens is 2. The van der Waals surface area contributed by atoms with Gasteiger partial charge in [0.25, 0.3) is 5.78 Å². The second-order valence-electron chi connectivity index (χ2n) is 7.74. The van der Waals surface area contributed by atoms with E-state index in [4.69, 9.17) is 4.98 Å². The van der Waals surface area contributed by atoms with Crippen LogP contribution in [0.4, 0.5) is 5.13 Å². The molecule has 1 saturated heterocycles. The topological polar surface area (TPSA) is 83.4 Å². The Balaban J connectivity index is 1.74. The third-order valence-electron chi connectivity index (χ3n) is 5.54. The molecule has 1 aliphatic heterocycles. The summed E-state index contributed by atoms with van der Waals surface area (Å²) in [5, 5.41) is 11.5. The average Bonchev–Trinajstić information content (AvgIpc) is 3.33. The molecular weight excluding hydrogens is 422 g/mol. The Hall–Kier alpha value is -3.84. The molecule has 0 spiro atoms. The average molecular weight is 442 g/mol. The van der Waals surface area contributed by atoms with Crippen molar-refractivity contribution in [3.8, 4) is 0 Å². The Morgan fingerprint density at radius 1 is 1.03 bits per heavy atom. The molecule has 158 valence electrons. The number of pyridine rings is 1. The standard InChI is InChI=1S/C25H19N3O3S/c1-14-12-15(2)20-18(13-14)32-25(27-20)28-21(16-8-10-26-11-9-16)19(23(30)24(28)31)22(29)17-6-4-3-5-7-17/h3-13,21,29H,1-2H3. The molecule has 1 atom stereocenters. The molecule has 0 bridgehead atoms. The zero-order chi connectivity index (χ0) is 22.4. The number of hydrogen-bond acceptors (Lipinski definition) is 6. The van der Waals surface area contributed by atoms with Crippen LogP contribution in [0.3, 0.4) is 0 Å². The van der Waals surface area contributed by atoms with E-state index in [1.165, 1.54) is 16.2 Å². The van der Waals surface area contributed by atoms with Crippen molar-refractivity contribution in [2.45, 2.75) is 19.9 Å². The first-order valence-corrected chi connectivity index (χ1v) is 10.9. The highest BCUT2D eigenvalue weighted by molar-refractivity contribution is 7.22. The largest absolute Gasteiger partial charge is 0.507 e. The van der Waals surface area contributed by atoms with Crippen molar-refractivity contribution < 1.29 is 14.7 Å². The lowest BCUT2D eigenvalue weighted by Crippen LogP contribution is -2.29. The summed E-state index contributed by atoms with van der Waals surface area (Å²) >= 11 is 1.36. The van der Waals surface area contributed by atoms with Crippen molar-refractivity contribution in [2.24, 2.45) is 0 Å². The van der Waals surface area contributed by atoms with E-state index < -0.39 is 17.7 Å². The van der Waals surface area contributed by atoms with Gasteiger partial charge in [-0.1, -0.05) is 47.7 Å². The normalized spacial score (nSPS) is 17.9. The molecule has 0 aliphatic carbocycles. The number of Topliss-reactive ketones (excluding diaryl/α,β-unsaturated/α-hetero) is 1. The molecule has 7 heteroatoms. The van der Waals surface area contributed by atoms with Crippen LogP contribution >= 0.6 is 11.3 Å². The highest BCUT2D eigenvalue weighted by Crippen LogP contribution is 2.44. The maximum absolute atomic E-state index is 13.2. The number of nitrogens with zero attached hydrogens (tertiary/aromatic N) is 3. The maximum Gasteiger partial charge on any atom is 0.301 e. The van der Waals surface area contributed by atoms with Crippen LogP contribution in [-0.4, -0.2) is 26.8 Å². The van der Waals surface area contributed by atoms with Gasteiger partial charge in [0, 0.05) is 18.0 Å². The molecule has 1 N–H and O–H groups in total. The number of amides is 1. The first-order chi connectivity index (χ1) is 15.5. The number of rotatable bonds is 3. The molecule has 2 aromatic heterocycles. The molecule has 5 rings (SSSR count). The van der Waals surface area contributed by atoms with Crippen LogP contribution < -0.4 is 4.90 Å². The molecule has 6 nitrogen and oxygen atoms in total. The summed E-state index contributed by atoms with van der Waals surface area (Å²) in [6.07, 6.45) is 3.20. The Morgan fingerprint density at radius 3 is 2.47 bits per heavy atom. The van der Waals surface area contributed by atoms with Crippen molar-refractivity contribution in [1.29, 1.82) is 0 Å². The van der Waals surface area contributed by atoms with Crippen molar-refractivity contribution in [3.05, 3.63) is 94.8 Å². The van der Waals surface area contributed by atoms with E-state index in [0.717, 1.165) is 21.3 Å². The number of thiazole rings is 1. The highest BCUT2D eigenvalue weighted by Gasteiger charge is 2.48. The summed E-state index contributed by atoms with van der Waals surface area (Å²) in [4.78, 5) is 36.6. The van der Waals surface area contributed by atoms with Gasteiger partial charge in [-0.15, -0.1) is 0 Å². The third kappa shape index (κ3) is 3.18. The Bertz CT molecular complexity index is 1390. The van der Waals surface area contributed by atoms with Crippen LogP contribution in [-0.2, 0) is 9.59 Å². The molecule has 1 amide bonds. The number of carbonyl (C=O) groups excluding carboxylic acids is 2. The molecule has 4 aromatic rings. The first-order valence-electron chi connectivity index (χ1n) is 10.1. The fraction of sp³-hybridized carbons (Fsp3) is 0.120. The summed E-state index contributed by atoms with van der Waals surface area (Å²) in [7, 11) is 0. The van der Waals surface area contributed by atoms with E-state index in [9.17, 15) is 14.7 Å². The Labute approximate surface area is 188 Å². The van der Waals surface area contributed by atoms with Crippen LogP contribution in [0.25, 0.3) is 16.0 Å². The van der Waals surface area contributed by atoms with E-state index in [0.29, 0.717) is 16.3 Å². The van der Waals surface area contributed by atoms with Gasteiger partial charge in [0.2, 0.25) is 0 Å². The molecule has 1 aliphatic rings. The van der Waals surface area contributed by atoms with Crippen molar-refractivity contribution in [3.63, 3.8) is 0 Å². The van der Waals surface area contributed by atoms with Crippen LogP contribution in [0.2, 0.25) is 0 Å². The predicted molar refractivity (Wildman–Crippen MR) is 125 cm³/mol. The van der Waals surface area contributed by atoms with Crippen LogP contribution in [0.1, 0.15) is 28.3 Å². The number of fused-ring (bicyclic) bond motifs is 1. The molecule has 3 heterocycles. The zero-order valence-electron chi connectivity index (χ0n) is 17.4. The van der Waals surface area contributed by atoms with Gasteiger partial charge in [-0.3, -0.25) is 19.5 Å². The lowest BCUT2D eigenvalue weighted by atomic mass is 9.96. The van der Waals surface area contributed by atoms with Gasteiger partial charge in [0.05, 0.1) is 21.8 Å².